The van der Waals surface area contributed by atoms with Crippen LogP contribution in [0.1, 0.15) is 18.9 Å². The van der Waals surface area contributed by atoms with E-state index in [1.807, 2.05) is 17.7 Å². The van der Waals surface area contributed by atoms with Gasteiger partial charge in [-0.25, -0.2) is 13.1 Å². The molecular formula is C13H14N2O4S. The van der Waals surface area contributed by atoms with E-state index in [4.69, 9.17) is 10.00 Å². The topological polar surface area (TPSA) is 96.3 Å². The Morgan fingerprint density at radius 1 is 1.55 bits per heavy atom. The van der Waals surface area contributed by atoms with E-state index in [1.54, 1.807) is 0 Å². The first-order valence-electron chi connectivity index (χ1n) is 6.16. The zero-order chi connectivity index (χ0) is 14.8. The van der Waals surface area contributed by atoms with Crippen molar-refractivity contribution in [1.82, 2.24) is 4.72 Å². The average molecular weight is 294 g/mol. The fourth-order valence-corrected chi connectivity index (χ4v) is 2.92. The second-order valence-electron chi connectivity index (χ2n) is 4.45. The molecule has 6 nitrogen and oxygen atoms in total. The third-order valence-electron chi connectivity index (χ3n) is 2.96. The van der Waals surface area contributed by atoms with Gasteiger partial charge in [-0.2, -0.15) is 5.26 Å². The lowest BCUT2D eigenvalue weighted by Gasteiger charge is -2.07. The second-order valence-corrected chi connectivity index (χ2v) is 6.13. The van der Waals surface area contributed by atoms with Crippen LogP contribution in [0.25, 0.3) is 0 Å². The van der Waals surface area contributed by atoms with E-state index in [0.717, 1.165) is 0 Å². The van der Waals surface area contributed by atoms with Crippen LogP contribution in [-0.4, -0.2) is 27.0 Å². The van der Waals surface area contributed by atoms with Gasteiger partial charge < -0.3 is 4.74 Å². The van der Waals surface area contributed by atoms with Gasteiger partial charge in [-0.05, 0) is 31.5 Å². The van der Waals surface area contributed by atoms with Crippen molar-refractivity contribution in [3.05, 3.63) is 29.8 Å². The summed E-state index contributed by atoms with van der Waals surface area (Å²) >= 11 is 0. The molecule has 1 fully saturated rings. The van der Waals surface area contributed by atoms with Gasteiger partial charge in [-0.1, -0.05) is 6.07 Å². The van der Waals surface area contributed by atoms with Crippen molar-refractivity contribution in [3.63, 3.8) is 0 Å². The first-order valence-corrected chi connectivity index (χ1v) is 7.64. The van der Waals surface area contributed by atoms with Crippen molar-refractivity contribution in [2.24, 2.45) is 5.92 Å². The molecule has 1 N–H and O–H groups in total. The van der Waals surface area contributed by atoms with Crippen LogP contribution < -0.4 is 4.72 Å². The predicted octanol–water partition coefficient (Wildman–Crippen LogP) is 0.788. The highest BCUT2D eigenvalue weighted by Gasteiger charge is 2.45. The van der Waals surface area contributed by atoms with Crippen molar-refractivity contribution >= 4 is 15.9 Å². The number of carbonyl (C=O) groups is 1. The van der Waals surface area contributed by atoms with E-state index in [0.29, 0.717) is 13.0 Å². The van der Waals surface area contributed by atoms with Gasteiger partial charge in [0, 0.05) is 6.61 Å². The second kappa shape index (κ2) is 5.61. The summed E-state index contributed by atoms with van der Waals surface area (Å²) in [4.78, 5) is 11.7. The van der Waals surface area contributed by atoms with Crippen molar-refractivity contribution < 1.29 is 17.9 Å². The van der Waals surface area contributed by atoms with Crippen LogP contribution >= 0.6 is 0 Å². The third-order valence-corrected chi connectivity index (χ3v) is 4.30. The molecule has 0 aliphatic heterocycles. The summed E-state index contributed by atoms with van der Waals surface area (Å²) in [5.41, 5.74) is 0.221. The fourth-order valence-electron chi connectivity index (χ4n) is 1.85. The summed E-state index contributed by atoms with van der Waals surface area (Å²) in [7, 11) is -3.94. The highest BCUT2D eigenvalue weighted by Crippen LogP contribution is 2.34. The predicted molar refractivity (Wildman–Crippen MR) is 70.0 cm³/mol. The lowest BCUT2D eigenvalue weighted by atomic mass is 10.2. The van der Waals surface area contributed by atoms with Gasteiger partial charge in [0.25, 0.3) is 10.0 Å². The highest BCUT2D eigenvalue weighted by molar-refractivity contribution is 7.90. The number of benzene rings is 1. The van der Waals surface area contributed by atoms with Crippen LogP contribution in [0.15, 0.2) is 29.2 Å². The molecule has 2 rings (SSSR count). The summed E-state index contributed by atoms with van der Waals surface area (Å²) in [5, 5.41) is 8.75. The van der Waals surface area contributed by atoms with E-state index in [9.17, 15) is 13.2 Å². The molecule has 0 spiro atoms. The summed E-state index contributed by atoms with van der Waals surface area (Å²) in [6.45, 7) is 2.31. The Bertz CT molecular complexity index is 663. The van der Waals surface area contributed by atoms with Crippen LogP contribution in [0.5, 0.6) is 0 Å². The zero-order valence-corrected chi connectivity index (χ0v) is 11.7. The van der Waals surface area contributed by atoms with E-state index >= 15 is 0 Å². The molecule has 0 aromatic heterocycles. The molecule has 1 aliphatic carbocycles. The molecule has 1 saturated carbocycles. The molecule has 20 heavy (non-hydrogen) atoms. The first kappa shape index (κ1) is 14.5. The van der Waals surface area contributed by atoms with Gasteiger partial charge in [-0.15, -0.1) is 0 Å². The molecule has 7 heteroatoms. The number of nitriles is 1. The SMILES string of the molecule is CCO[C@H]1C[C@@H]1C(=O)NS(=O)(=O)c1cccc(C#N)c1. The fraction of sp³-hybridized carbons (Fsp3) is 0.385. The van der Waals surface area contributed by atoms with Crippen molar-refractivity contribution in [1.29, 1.82) is 5.26 Å². The maximum absolute atomic E-state index is 12.0. The number of amides is 1. The molecule has 2 atom stereocenters. The van der Waals surface area contributed by atoms with Crippen molar-refractivity contribution in [2.45, 2.75) is 24.3 Å². The van der Waals surface area contributed by atoms with E-state index in [2.05, 4.69) is 0 Å². The van der Waals surface area contributed by atoms with Crippen LogP contribution in [0.3, 0.4) is 0 Å². The number of nitrogens with one attached hydrogen (secondary N) is 1. The summed E-state index contributed by atoms with van der Waals surface area (Å²) in [6, 6.07) is 7.36. The maximum Gasteiger partial charge on any atom is 0.264 e. The van der Waals surface area contributed by atoms with Gasteiger partial charge in [0.15, 0.2) is 0 Å². The number of hydrogen-bond acceptors (Lipinski definition) is 5. The van der Waals surface area contributed by atoms with E-state index < -0.39 is 21.8 Å². The third kappa shape index (κ3) is 3.15. The van der Waals surface area contributed by atoms with Gasteiger partial charge in [0.2, 0.25) is 5.91 Å². The number of carbonyl (C=O) groups excluding carboxylic acids is 1. The van der Waals surface area contributed by atoms with Gasteiger partial charge in [0.05, 0.1) is 28.6 Å². The Morgan fingerprint density at radius 3 is 2.95 bits per heavy atom. The van der Waals surface area contributed by atoms with E-state index in [1.165, 1.54) is 24.3 Å². The van der Waals surface area contributed by atoms with Crippen molar-refractivity contribution in [2.75, 3.05) is 6.61 Å². The molecule has 0 saturated heterocycles. The molecule has 1 amide bonds. The Hall–Kier alpha value is -1.91. The van der Waals surface area contributed by atoms with Crippen molar-refractivity contribution in [3.8, 4) is 6.07 Å². The molecule has 0 unspecified atom stereocenters. The van der Waals surface area contributed by atoms with Gasteiger partial charge in [-0.3, -0.25) is 4.79 Å². The van der Waals surface area contributed by atoms with Crippen LogP contribution in [0.4, 0.5) is 0 Å². The average Bonchev–Trinajstić information content (AvgIpc) is 3.18. The lowest BCUT2D eigenvalue weighted by Crippen LogP contribution is -2.32. The lowest BCUT2D eigenvalue weighted by molar-refractivity contribution is -0.121. The number of nitrogens with zero attached hydrogens (tertiary/aromatic N) is 1. The smallest absolute Gasteiger partial charge is 0.264 e. The Labute approximate surface area is 117 Å². The summed E-state index contributed by atoms with van der Waals surface area (Å²) < 4.78 is 31.3. The minimum Gasteiger partial charge on any atom is -0.378 e. The Morgan fingerprint density at radius 2 is 2.30 bits per heavy atom. The quantitative estimate of drug-likeness (QED) is 0.866. The number of rotatable bonds is 5. The van der Waals surface area contributed by atoms with Crippen LogP contribution in [0.2, 0.25) is 0 Å². The minimum absolute atomic E-state index is 0.0986. The van der Waals surface area contributed by atoms with Gasteiger partial charge in [0.1, 0.15) is 0 Å². The largest absolute Gasteiger partial charge is 0.378 e. The standard InChI is InChI=1S/C13H14N2O4S/c1-2-19-12-7-11(12)13(16)15-20(17,18)10-5-3-4-9(6-10)8-14/h3-6,11-12H,2,7H2,1H3,(H,15,16)/t11-,12-/m0/s1. The molecule has 0 radical (unpaired) electrons. The zero-order valence-electron chi connectivity index (χ0n) is 10.9. The highest BCUT2D eigenvalue weighted by atomic mass is 32.2. The monoisotopic (exact) mass is 294 g/mol. The van der Waals surface area contributed by atoms with E-state index in [-0.39, 0.29) is 16.6 Å². The molecule has 1 aliphatic rings. The molecule has 1 aromatic carbocycles. The molecular weight excluding hydrogens is 280 g/mol. The molecule has 106 valence electrons. The Kier molecular flexibility index (Phi) is 4.06. The number of ether oxygens (including phenoxy) is 1. The van der Waals surface area contributed by atoms with Crippen LogP contribution in [-0.2, 0) is 19.6 Å². The Balaban J connectivity index is 2.08. The summed E-state index contributed by atoms with van der Waals surface area (Å²) in [5.74, 6) is -0.977. The minimum atomic E-state index is -3.94. The molecule has 0 bridgehead atoms. The normalized spacial score (nSPS) is 21.0. The number of hydrogen-bond donors (Lipinski definition) is 1. The van der Waals surface area contributed by atoms with Crippen LogP contribution in [0, 0.1) is 17.2 Å². The van der Waals surface area contributed by atoms with Gasteiger partial charge >= 0.3 is 0 Å². The first-order chi connectivity index (χ1) is 9.47. The maximum atomic E-state index is 12.0. The molecule has 1 aromatic rings. The molecule has 0 heterocycles. The summed E-state index contributed by atoms with van der Waals surface area (Å²) in [6.07, 6.45) is 0.341. The number of sulfonamides is 1.